The number of hydrogen-bond donors (Lipinski definition) is 2. The molecule has 0 aliphatic carbocycles. The van der Waals surface area contributed by atoms with Gasteiger partial charge in [-0.2, -0.15) is 0 Å². The zero-order valence-corrected chi connectivity index (χ0v) is 22.9. The summed E-state index contributed by atoms with van der Waals surface area (Å²) in [5.74, 6) is 7.77. The number of hydrogen-bond acceptors (Lipinski definition) is 2. The van der Waals surface area contributed by atoms with E-state index in [1.165, 1.54) is 33.4 Å². The molecule has 35 heavy (non-hydrogen) atoms. The SMILES string of the molecule is C=C(N)NC(=C)C(C)c1ccc(C)c(CC)c1.CC(F)F.Cc1ccc(C)c(C#CCC(C)C)c1. The number of allylic oxidation sites excluding steroid dienone is 1. The van der Waals surface area contributed by atoms with Crippen LogP contribution in [-0.4, -0.2) is 6.43 Å². The highest BCUT2D eigenvalue weighted by atomic mass is 19.3. The summed E-state index contributed by atoms with van der Waals surface area (Å²) in [6.45, 7) is 23.5. The molecule has 0 radical (unpaired) electrons. The van der Waals surface area contributed by atoms with Crippen LogP contribution in [-0.2, 0) is 6.42 Å². The van der Waals surface area contributed by atoms with Gasteiger partial charge >= 0.3 is 0 Å². The quantitative estimate of drug-likeness (QED) is 0.408. The molecule has 1 atom stereocenters. The van der Waals surface area contributed by atoms with Crippen LogP contribution in [0.4, 0.5) is 8.78 Å². The Labute approximate surface area is 212 Å². The van der Waals surface area contributed by atoms with Gasteiger partial charge in [0.1, 0.15) is 0 Å². The van der Waals surface area contributed by atoms with Gasteiger partial charge in [0, 0.05) is 23.6 Å². The van der Waals surface area contributed by atoms with Gasteiger partial charge < -0.3 is 11.1 Å². The average molecular weight is 483 g/mol. The van der Waals surface area contributed by atoms with Crippen LogP contribution >= 0.6 is 0 Å². The van der Waals surface area contributed by atoms with Crippen molar-refractivity contribution >= 4 is 0 Å². The fourth-order valence-corrected chi connectivity index (χ4v) is 3.08. The third-order valence-electron chi connectivity index (χ3n) is 5.22. The summed E-state index contributed by atoms with van der Waals surface area (Å²) in [4.78, 5) is 0. The molecule has 0 saturated heterocycles. The van der Waals surface area contributed by atoms with Crippen LogP contribution < -0.4 is 11.1 Å². The monoisotopic (exact) mass is 482 g/mol. The van der Waals surface area contributed by atoms with Crippen LogP contribution in [0, 0.1) is 38.5 Å². The van der Waals surface area contributed by atoms with E-state index >= 15 is 0 Å². The highest BCUT2D eigenvalue weighted by Crippen LogP contribution is 2.24. The first kappa shape index (κ1) is 31.9. The molecular weight excluding hydrogens is 438 g/mol. The molecule has 4 heteroatoms. The second-order valence-corrected chi connectivity index (χ2v) is 9.17. The van der Waals surface area contributed by atoms with Gasteiger partial charge in [-0.05, 0) is 73.9 Å². The summed E-state index contributed by atoms with van der Waals surface area (Å²) >= 11 is 0. The number of nitrogens with one attached hydrogen (secondary N) is 1. The van der Waals surface area contributed by atoms with E-state index in [-0.39, 0.29) is 5.92 Å². The van der Waals surface area contributed by atoms with Gasteiger partial charge in [-0.25, -0.2) is 8.78 Å². The normalized spacial score (nSPS) is 10.7. The van der Waals surface area contributed by atoms with Crippen LogP contribution in [0.5, 0.6) is 0 Å². The Kier molecular flexibility index (Phi) is 15.1. The first-order chi connectivity index (χ1) is 16.3. The molecule has 3 N–H and O–H groups in total. The van der Waals surface area contributed by atoms with E-state index in [0.717, 1.165) is 25.5 Å². The van der Waals surface area contributed by atoms with Crippen molar-refractivity contribution in [1.82, 2.24) is 5.32 Å². The van der Waals surface area contributed by atoms with Gasteiger partial charge in [-0.3, -0.25) is 0 Å². The number of alkyl halides is 2. The van der Waals surface area contributed by atoms with E-state index in [4.69, 9.17) is 5.73 Å². The van der Waals surface area contributed by atoms with Gasteiger partial charge in [-0.1, -0.05) is 83.0 Å². The molecule has 1 unspecified atom stereocenters. The molecule has 0 aliphatic rings. The Balaban J connectivity index is 0.000000581. The molecule has 0 heterocycles. The molecule has 0 aliphatic heterocycles. The molecule has 0 amide bonds. The minimum atomic E-state index is -2.17. The van der Waals surface area contributed by atoms with Gasteiger partial charge in [0.2, 0.25) is 6.43 Å². The summed E-state index contributed by atoms with van der Waals surface area (Å²) in [7, 11) is 0. The second kappa shape index (κ2) is 16.5. The van der Waals surface area contributed by atoms with E-state index < -0.39 is 6.43 Å². The fourth-order valence-electron chi connectivity index (χ4n) is 3.08. The zero-order chi connectivity index (χ0) is 27.1. The minimum Gasteiger partial charge on any atom is -0.386 e. The van der Waals surface area contributed by atoms with E-state index in [1.807, 2.05) is 0 Å². The van der Waals surface area contributed by atoms with Crippen molar-refractivity contribution in [2.75, 3.05) is 0 Å². The van der Waals surface area contributed by atoms with Crippen LogP contribution in [0.1, 0.15) is 80.3 Å². The molecule has 192 valence electrons. The smallest absolute Gasteiger partial charge is 0.235 e. The maximum atomic E-state index is 10.3. The molecule has 0 spiro atoms. The molecule has 0 saturated carbocycles. The lowest BCUT2D eigenvalue weighted by Crippen LogP contribution is -2.20. The summed E-state index contributed by atoms with van der Waals surface area (Å²) in [6.07, 6.45) is -0.136. The maximum Gasteiger partial charge on any atom is 0.235 e. The molecule has 0 fully saturated rings. The predicted octanol–water partition coefficient (Wildman–Crippen LogP) is 8.17. The Bertz CT molecular complexity index is 1010. The predicted molar refractivity (Wildman–Crippen MR) is 149 cm³/mol. The number of benzene rings is 2. The van der Waals surface area contributed by atoms with Gasteiger partial charge in [0.15, 0.2) is 0 Å². The average Bonchev–Trinajstić information content (AvgIpc) is 2.75. The Morgan fingerprint density at radius 3 is 2.06 bits per heavy atom. The number of nitrogens with two attached hydrogens (primary N) is 1. The first-order valence-electron chi connectivity index (χ1n) is 12.1. The lowest BCUT2D eigenvalue weighted by molar-refractivity contribution is 0.171. The van der Waals surface area contributed by atoms with Crippen LogP contribution in [0.3, 0.4) is 0 Å². The fraction of sp³-hybridized carbons (Fsp3) is 0.419. The molecule has 0 bridgehead atoms. The van der Waals surface area contributed by atoms with Gasteiger partial charge in [0.25, 0.3) is 0 Å². The largest absolute Gasteiger partial charge is 0.386 e. The lowest BCUT2D eigenvalue weighted by Gasteiger charge is -2.18. The molecule has 0 aromatic heterocycles. The summed E-state index contributed by atoms with van der Waals surface area (Å²) < 4.78 is 20.7. The lowest BCUT2D eigenvalue weighted by atomic mass is 9.94. The maximum absolute atomic E-state index is 10.3. The van der Waals surface area contributed by atoms with Crippen LogP contribution in [0.2, 0.25) is 0 Å². The van der Waals surface area contributed by atoms with Crippen LogP contribution in [0.15, 0.2) is 61.1 Å². The number of aryl methyl sites for hydroxylation is 4. The van der Waals surface area contributed by atoms with Gasteiger partial charge in [0.05, 0.1) is 5.82 Å². The van der Waals surface area contributed by atoms with E-state index in [9.17, 15) is 8.78 Å². The molecular formula is C31H44F2N2. The first-order valence-corrected chi connectivity index (χ1v) is 12.1. The van der Waals surface area contributed by atoms with E-state index in [0.29, 0.717) is 11.7 Å². The number of rotatable bonds is 6. The summed E-state index contributed by atoms with van der Waals surface area (Å²) in [5, 5.41) is 2.98. The third kappa shape index (κ3) is 14.1. The number of halogens is 2. The highest BCUT2D eigenvalue weighted by Gasteiger charge is 2.10. The topological polar surface area (TPSA) is 38.0 Å². The molecule has 2 aromatic carbocycles. The third-order valence-corrected chi connectivity index (χ3v) is 5.22. The van der Waals surface area contributed by atoms with Crippen molar-refractivity contribution in [3.8, 4) is 11.8 Å². The Morgan fingerprint density at radius 1 is 0.971 bits per heavy atom. The Morgan fingerprint density at radius 2 is 1.54 bits per heavy atom. The summed E-state index contributed by atoms with van der Waals surface area (Å²) in [6, 6.07) is 13.0. The summed E-state index contributed by atoms with van der Waals surface area (Å²) in [5.41, 5.74) is 14.1. The molecule has 2 nitrogen and oxygen atoms in total. The zero-order valence-electron chi connectivity index (χ0n) is 22.9. The highest BCUT2D eigenvalue weighted by molar-refractivity contribution is 5.43. The van der Waals surface area contributed by atoms with Crippen molar-refractivity contribution < 1.29 is 8.78 Å². The van der Waals surface area contributed by atoms with Crippen molar-refractivity contribution in [3.63, 3.8) is 0 Å². The van der Waals surface area contributed by atoms with E-state index in [1.54, 1.807) is 0 Å². The van der Waals surface area contributed by atoms with E-state index in [2.05, 4.69) is 115 Å². The van der Waals surface area contributed by atoms with Crippen molar-refractivity contribution in [1.29, 1.82) is 0 Å². The Hall–Kier alpha value is -3.06. The van der Waals surface area contributed by atoms with Gasteiger partial charge in [-0.15, -0.1) is 0 Å². The van der Waals surface area contributed by atoms with Crippen molar-refractivity contribution in [2.45, 2.75) is 80.6 Å². The van der Waals surface area contributed by atoms with Crippen LogP contribution in [0.25, 0.3) is 0 Å². The second-order valence-electron chi connectivity index (χ2n) is 9.17. The minimum absolute atomic E-state index is 0.223. The van der Waals surface area contributed by atoms with Crippen molar-refractivity contribution in [2.24, 2.45) is 11.7 Å². The van der Waals surface area contributed by atoms with Crippen molar-refractivity contribution in [3.05, 3.63) is 94.5 Å². The molecule has 2 rings (SSSR count). The standard InChI is InChI=1S/C15H22N2.C14H18.C2H4F2/c1-6-14-9-15(8-7-10(14)2)11(3)12(4)17-13(5)16;1-11(2)6-5-7-14-10-12(3)8-9-13(14)4;1-2(3)4/h7-9,11,17H,4-6,16H2,1-3H3;8-11H,6H2,1-4H3;2H,1H3. The molecule has 2 aromatic rings.